The lowest BCUT2D eigenvalue weighted by Crippen LogP contribution is -2.27. The SMILES string of the molecule is Cc1cc(NCC(c2cnn(C)c2)N(C)C)nc(C(C)C)n1. The highest BCUT2D eigenvalue weighted by Crippen LogP contribution is 2.19. The van der Waals surface area contributed by atoms with E-state index in [9.17, 15) is 0 Å². The Hall–Kier alpha value is -1.95. The second kappa shape index (κ2) is 6.87. The zero-order valence-electron chi connectivity index (χ0n) is 14.3. The van der Waals surface area contributed by atoms with Crippen LogP contribution in [0.25, 0.3) is 0 Å². The number of nitrogens with zero attached hydrogens (tertiary/aromatic N) is 5. The summed E-state index contributed by atoms with van der Waals surface area (Å²) in [7, 11) is 6.08. The Morgan fingerprint density at radius 3 is 2.55 bits per heavy atom. The Bertz CT molecular complexity index is 617. The molecule has 0 bridgehead atoms. The number of rotatable bonds is 6. The number of anilines is 1. The van der Waals surface area contributed by atoms with E-state index in [-0.39, 0.29) is 6.04 Å². The summed E-state index contributed by atoms with van der Waals surface area (Å²) in [5.74, 6) is 2.08. The molecule has 0 saturated carbocycles. The highest BCUT2D eigenvalue weighted by Gasteiger charge is 2.16. The summed E-state index contributed by atoms with van der Waals surface area (Å²) in [5, 5.41) is 7.70. The van der Waals surface area contributed by atoms with Gasteiger partial charge >= 0.3 is 0 Å². The summed E-state index contributed by atoms with van der Waals surface area (Å²) in [4.78, 5) is 11.3. The fourth-order valence-electron chi connectivity index (χ4n) is 2.35. The molecule has 0 aliphatic heterocycles. The van der Waals surface area contributed by atoms with Crippen molar-refractivity contribution in [1.29, 1.82) is 0 Å². The van der Waals surface area contributed by atoms with Gasteiger partial charge in [-0.1, -0.05) is 13.8 Å². The van der Waals surface area contributed by atoms with E-state index in [0.29, 0.717) is 5.92 Å². The highest BCUT2D eigenvalue weighted by molar-refractivity contribution is 5.37. The van der Waals surface area contributed by atoms with Gasteiger partial charge < -0.3 is 10.2 Å². The van der Waals surface area contributed by atoms with Crippen LogP contribution in [0.15, 0.2) is 18.5 Å². The van der Waals surface area contributed by atoms with Gasteiger partial charge in [-0.25, -0.2) is 9.97 Å². The predicted octanol–water partition coefficient (Wildman–Crippen LogP) is 2.36. The molecular weight excluding hydrogens is 276 g/mol. The van der Waals surface area contributed by atoms with Crippen molar-refractivity contribution in [3.63, 3.8) is 0 Å². The molecule has 2 heterocycles. The molecule has 2 aromatic heterocycles. The van der Waals surface area contributed by atoms with E-state index < -0.39 is 0 Å². The Labute approximate surface area is 132 Å². The molecule has 0 amide bonds. The van der Waals surface area contributed by atoms with Gasteiger partial charge in [-0.2, -0.15) is 5.10 Å². The molecular formula is C16H26N6. The maximum absolute atomic E-state index is 4.60. The average Bonchev–Trinajstić information content (AvgIpc) is 2.84. The minimum Gasteiger partial charge on any atom is -0.368 e. The minimum atomic E-state index is 0.242. The molecule has 2 aromatic rings. The van der Waals surface area contributed by atoms with Gasteiger partial charge in [0.15, 0.2) is 0 Å². The van der Waals surface area contributed by atoms with E-state index in [1.165, 1.54) is 5.56 Å². The Kier molecular flexibility index (Phi) is 5.13. The largest absolute Gasteiger partial charge is 0.368 e. The summed E-state index contributed by atoms with van der Waals surface area (Å²) in [6.07, 6.45) is 3.97. The van der Waals surface area contributed by atoms with Crippen LogP contribution in [0.3, 0.4) is 0 Å². The number of hydrogen-bond donors (Lipinski definition) is 1. The molecule has 0 aliphatic rings. The van der Waals surface area contributed by atoms with E-state index in [1.54, 1.807) is 0 Å². The van der Waals surface area contributed by atoms with Crippen molar-refractivity contribution >= 4 is 5.82 Å². The molecule has 0 spiro atoms. The quantitative estimate of drug-likeness (QED) is 0.887. The van der Waals surface area contributed by atoms with E-state index in [1.807, 2.05) is 30.9 Å². The molecule has 0 saturated heterocycles. The Morgan fingerprint density at radius 1 is 1.27 bits per heavy atom. The van der Waals surface area contributed by atoms with Crippen LogP contribution in [-0.2, 0) is 7.05 Å². The van der Waals surface area contributed by atoms with Gasteiger partial charge in [-0.15, -0.1) is 0 Å². The molecule has 1 N–H and O–H groups in total. The molecule has 0 aromatic carbocycles. The first-order valence-corrected chi connectivity index (χ1v) is 7.61. The second-order valence-electron chi connectivity index (χ2n) is 6.22. The first-order valence-electron chi connectivity index (χ1n) is 7.61. The van der Waals surface area contributed by atoms with Gasteiger partial charge in [-0.3, -0.25) is 4.68 Å². The topological polar surface area (TPSA) is 58.9 Å². The number of aryl methyl sites for hydroxylation is 2. The van der Waals surface area contributed by atoms with Gasteiger partial charge in [0.05, 0.1) is 12.2 Å². The first kappa shape index (κ1) is 16.4. The second-order valence-corrected chi connectivity index (χ2v) is 6.22. The number of nitrogens with one attached hydrogen (secondary N) is 1. The lowest BCUT2D eigenvalue weighted by Gasteiger charge is -2.24. The van der Waals surface area contributed by atoms with E-state index in [4.69, 9.17) is 0 Å². The average molecular weight is 302 g/mol. The maximum Gasteiger partial charge on any atom is 0.133 e. The molecule has 120 valence electrons. The van der Waals surface area contributed by atoms with Crippen molar-refractivity contribution in [3.05, 3.63) is 35.5 Å². The van der Waals surface area contributed by atoms with Crippen LogP contribution < -0.4 is 5.32 Å². The van der Waals surface area contributed by atoms with Gasteiger partial charge in [0.2, 0.25) is 0 Å². The summed E-state index contributed by atoms with van der Waals surface area (Å²) in [6.45, 7) is 6.99. The fraction of sp³-hybridized carbons (Fsp3) is 0.562. The summed E-state index contributed by atoms with van der Waals surface area (Å²) in [6, 6.07) is 2.23. The standard InChI is InChI=1S/C16H26N6/c1-11(2)16-19-12(3)7-15(20-16)17-9-14(21(4)5)13-8-18-22(6)10-13/h7-8,10-11,14H,9H2,1-6H3,(H,17,19,20). The predicted molar refractivity (Wildman–Crippen MR) is 89.0 cm³/mol. The fourth-order valence-corrected chi connectivity index (χ4v) is 2.35. The third-order valence-corrected chi connectivity index (χ3v) is 3.60. The molecule has 22 heavy (non-hydrogen) atoms. The normalized spacial score (nSPS) is 12.9. The molecule has 0 aliphatic carbocycles. The molecule has 6 nitrogen and oxygen atoms in total. The summed E-state index contributed by atoms with van der Waals surface area (Å²) < 4.78 is 1.83. The van der Waals surface area contributed by atoms with Gasteiger partial charge in [0.25, 0.3) is 0 Å². The molecule has 6 heteroatoms. The molecule has 1 unspecified atom stereocenters. The molecule has 0 radical (unpaired) electrons. The summed E-state index contributed by atoms with van der Waals surface area (Å²) >= 11 is 0. The Balaban J connectivity index is 2.13. The third kappa shape index (κ3) is 4.04. The third-order valence-electron chi connectivity index (χ3n) is 3.60. The van der Waals surface area contributed by atoms with Gasteiger partial charge in [0, 0.05) is 43.0 Å². The van der Waals surface area contributed by atoms with Crippen molar-refractivity contribution in [2.75, 3.05) is 26.0 Å². The zero-order chi connectivity index (χ0) is 16.3. The van der Waals surface area contributed by atoms with Crippen LogP contribution in [0.1, 0.15) is 42.9 Å². The van der Waals surface area contributed by atoms with Crippen LogP contribution in [-0.4, -0.2) is 45.3 Å². The van der Waals surface area contributed by atoms with Crippen molar-refractivity contribution in [3.8, 4) is 0 Å². The van der Waals surface area contributed by atoms with Crippen molar-refractivity contribution in [2.45, 2.75) is 32.7 Å². The van der Waals surface area contributed by atoms with E-state index in [0.717, 1.165) is 23.9 Å². The van der Waals surface area contributed by atoms with Gasteiger partial charge in [-0.05, 0) is 21.0 Å². The van der Waals surface area contributed by atoms with Crippen molar-refractivity contribution in [2.24, 2.45) is 7.05 Å². The lowest BCUT2D eigenvalue weighted by atomic mass is 10.1. The maximum atomic E-state index is 4.60. The monoisotopic (exact) mass is 302 g/mol. The highest BCUT2D eigenvalue weighted by atomic mass is 15.2. The first-order chi connectivity index (χ1) is 10.4. The summed E-state index contributed by atoms with van der Waals surface area (Å²) in [5.41, 5.74) is 2.18. The number of aromatic nitrogens is 4. The van der Waals surface area contributed by atoms with Crippen molar-refractivity contribution < 1.29 is 0 Å². The van der Waals surface area contributed by atoms with Crippen molar-refractivity contribution in [1.82, 2.24) is 24.6 Å². The van der Waals surface area contributed by atoms with Crippen LogP contribution in [0.4, 0.5) is 5.82 Å². The van der Waals surface area contributed by atoms with Crippen LogP contribution >= 0.6 is 0 Å². The lowest BCUT2D eigenvalue weighted by molar-refractivity contribution is 0.311. The van der Waals surface area contributed by atoms with Crippen LogP contribution in [0.2, 0.25) is 0 Å². The van der Waals surface area contributed by atoms with E-state index in [2.05, 4.69) is 59.4 Å². The minimum absolute atomic E-state index is 0.242. The smallest absolute Gasteiger partial charge is 0.133 e. The van der Waals surface area contributed by atoms with Crippen LogP contribution in [0.5, 0.6) is 0 Å². The zero-order valence-corrected chi connectivity index (χ0v) is 14.3. The molecule has 1 atom stereocenters. The Morgan fingerprint density at radius 2 is 2.00 bits per heavy atom. The van der Waals surface area contributed by atoms with Crippen LogP contribution in [0, 0.1) is 6.92 Å². The van der Waals surface area contributed by atoms with E-state index >= 15 is 0 Å². The molecule has 2 rings (SSSR count). The van der Waals surface area contributed by atoms with Gasteiger partial charge in [0.1, 0.15) is 11.6 Å². The number of likely N-dealkylation sites (N-methyl/N-ethyl adjacent to an activating group) is 1. The number of hydrogen-bond acceptors (Lipinski definition) is 5. The molecule has 0 fully saturated rings.